The summed E-state index contributed by atoms with van der Waals surface area (Å²) in [4.78, 5) is 11.9. The molecule has 2 N–H and O–H groups in total. The van der Waals surface area contributed by atoms with Crippen molar-refractivity contribution in [1.29, 1.82) is 0 Å². The van der Waals surface area contributed by atoms with Crippen LogP contribution < -0.4 is 10.6 Å². The lowest BCUT2D eigenvalue weighted by Crippen LogP contribution is -2.25. The highest BCUT2D eigenvalue weighted by molar-refractivity contribution is 5.99. The van der Waals surface area contributed by atoms with Gasteiger partial charge in [0.1, 0.15) is 0 Å². The first-order valence-corrected chi connectivity index (χ1v) is 6.01. The molecule has 0 atom stereocenters. The van der Waals surface area contributed by atoms with Crippen molar-refractivity contribution in [3.8, 4) is 0 Å². The number of hydrogen-bond donors (Lipinski definition) is 2. The average Bonchev–Trinajstić information content (AvgIpc) is 2.37. The molecule has 1 aromatic carbocycles. The van der Waals surface area contributed by atoms with Gasteiger partial charge in [0.2, 0.25) is 0 Å². The average molecular weight is 232 g/mol. The summed E-state index contributed by atoms with van der Waals surface area (Å²) in [6.45, 7) is 7.22. The zero-order valence-electron chi connectivity index (χ0n) is 10.3. The van der Waals surface area contributed by atoms with Gasteiger partial charge in [-0.25, -0.2) is 0 Å². The Labute approximate surface area is 103 Å². The molecule has 3 nitrogen and oxygen atoms in total. The molecule has 0 aliphatic rings. The topological polar surface area (TPSA) is 41.1 Å². The summed E-state index contributed by atoms with van der Waals surface area (Å²) in [5, 5.41) is 6.12. The van der Waals surface area contributed by atoms with Gasteiger partial charge in [-0.2, -0.15) is 0 Å². The summed E-state index contributed by atoms with van der Waals surface area (Å²) < 4.78 is 0. The molecule has 0 saturated carbocycles. The van der Waals surface area contributed by atoms with Crippen LogP contribution in [0.15, 0.2) is 36.9 Å². The summed E-state index contributed by atoms with van der Waals surface area (Å²) in [7, 11) is 0. The van der Waals surface area contributed by atoms with E-state index in [9.17, 15) is 4.79 Å². The minimum absolute atomic E-state index is 0.0361. The molecule has 3 heteroatoms. The van der Waals surface area contributed by atoms with Gasteiger partial charge in [0.25, 0.3) is 5.91 Å². The van der Waals surface area contributed by atoms with Crippen molar-refractivity contribution < 1.29 is 4.79 Å². The van der Waals surface area contributed by atoms with Crippen molar-refractivity contribution >= 4 is 11.6 Å². The first kappa shape index (κ1) is 13.3. The van der Waals surface area contributed by atoms with E-state index in [1.807, 2.05) is 24.3 Å². The normalized spacial score (nSPS) is 9.71. The van der Waals surface area contributed by atoms with Crippen LogP contribution in [0.25, 0.3) is 0 Å². The van der Waals surface area contributed by atoms with E-state index in [4.69, 9.17) is 0 Å². The van der Waals surface area contributed by atoms with E-state index >= 15 is 0 Å². The number of anilines is 1. The van der Waals surface area contributed by atoms with Crippen molar-refractivity contribution in [3.63, 3.8) is 0 Å². The van der Waals surface area contributed by atoms with Gasteiger partial charge in [0.15, 0.2) is 0 Å². The first-order valence-electron chi connectivity index (χ1n) is 6.01. The molecule has 0 aliphatic carbocycles. The molecular weight excluding hydrogens is 212 g/mol. The number of para-hydroxylation sites is 1. The van der Waals surface area contributed by atoms with Gasteiger partial charge in [-0.15, -0.1) is 6.58 Å². The van der Waals surface area contributed by atoms with Crippen LogP contribution in [0.1, 0.15) is 30.1 Å². The molecule has 1 amide bonds. The van der Waals surface area contributed by atoms with Gasteiger partial charge < -0.3 is 10.6 Å². The highest BCUT2D eigenvalue weighted by Gasteiger charge is 2.09. The molecule has 0 unspecified atom stereocenters. The van der Waals surface area contributed by atoms with Crippen molar-refractivity contribution in [1.82, 2.24) is 5.32 Å². The smallest absolute Gasteiger partial charge is 0.253 e. The minimum atomic E-state index is -0.0361. The van der Waals surface area contributed by atoms with Gasteiger partial charge in [0, 0.05) is 18.8 Å². The van der Waals surface area contributed by atoms with Crippen LogP contribution in [-0.4, -0.2) is 19.0 Å². The van der Waals surface area contributed by atoms with Crippen molar-refractivity contribution in [2.45, 2.75) is 19.8 Å². The molecule has 0 saturated heterocycles. The van der Waals surface area contributed by atoms with Crippen molar-refractivity contribution in [2.24, 2.45) is 0 Å². The highest BCUT2D eigenvalue weighted by atomic mass is 16.1. The number of benzene rings is 1. The minimum Gasteiger partial charge on any atom is -0.384 e. The van der Waals surface area contributed by atoms with Crippen molar-refractivity contribution in [3.05, 3.63) is 42.5 Å². The molecule has 0 aromatic heterocycles. The predicted octanol–water partition coefficient (Wildman–Crippen LogP) is 2.81. The van der Waals surface area contributed by atoms with E-state index in [0.29, 0.717) is 12.1 Å². The largest absolute Gasteiger partial charge is 0.384 e. The van der Waals surface area contributed by atoms with Crippen LogP contribution >= 0.6 is 0 Å². The molecular formula is C14H20N2O. The molecule has 0 radical (unpaired) electrons. The molecule has 92 valence electrons. The van der Waals surface area contributed by atoms with Crippen molar-refractivity contribution in [2.75, 3.05) is 18.4 Å². The summed E-state index contributed by atoms with van der Waals surface area (Å²) in [6.07, 6.45) is 3.62. The maximum atomic E-state index is 11.9. The second-order valence-electron chi connectivity index (χ2n) is 3.81. The fraction of sp³-hybridized carbons (Fsp3) is 0.357. The monoisotopic (exact) mass is 232 g/mol. The fourth-order valence-electron chi connectivity index (χ4n) is 1.48. The van der Waals surface area contributed by atoms with E-state index < -0.39 is 0 Å². The Morgan fingerprint density at radius 1 is 1.35 bits per heavy atom. The standard InChI is InChI=1S/C14H20N2O/c1-3-5-11-16-14(17)12-8-6-7-9-13(12)15-10-4-2/h3,6-9,15H,1,4-5,10-11H2,2H3,(H,16,17). The Morgan fingerprint density at radius 2 is 2.12 bits per heavy atom. The lowest BCUT2D eigenvalue weighted by Gasteiger charge is -2.11. The number of carbonyl (C=O) groups is 1. The molecule has 0 spiro atoms. The van der Waals surface area contributed by atoms with E-state index in [1.54, 1.807) is 6.08 Å². The second-order valence-corrected chi connectivity index (χ2v) is 3.81. The Bertz CT molecular complexity index is 374. The second kappa shape index (κ2) is 7.49. The number of amides is 1. The molecule has 0 bridgehead atoms. The molecule has 0 aliphatic heterocycles. The maximum Gasteiger partial charge on any atom is 0.253 e. The SMILES string of the molecule is C=CCCNC(=O)c1ccccc1NCCC. The van der Waals surface area contributed by atoms with E-state index in [1.165, 1.54) is 0 Å². The highest BCUT2D eigenvalue weighted by Crippen LogP contribution is 2.14. The van der Waals surface area contributed by atoms with Crippen LogP contribution in [0.4, 0.5) is 5.69 Å². The lowest BCUT2D eigenvalue weighted by molar-refractivity contribution is 0.0955. The van der Waals surface area contributed by atoms with E-state index in [-0.39, 0.29) is 5.91 Å². The Hall–Kier alpha value is -1.77. The Morgan fingerprint density at radius 3 is 2.82 bits per heavy atom. The third kappa shape index (κ3) is 4.31. The van der Waals surface area contributed by atoms with Gasteiger partial charge in [-0.1, -0.05) is 25.1 Å². The fourth-order valence-corrected chi connectivity index (χ4v) is 1.48. The summed E-state index contributed by atoms with van der Waals surface area (Å²) >= 11 is 0. The zero-order chi connectivity index (χ0) is 12.5. The quantitative estimate of drug-likeness (QED) is 0.560. The molecule has 1 rings (SSSR count). The van der Waals surface area contributed by atoms with Crippen LogP contribution in [0.3, 0.4) is 0 Å². The predicted molar refractivity (Wildman–Crippen MR) is 72.4 cm³/mol. The van der Waals surface area contributed by atoms with E-state index in [2.05, 4.69) is 24.1 Å². The zero-order valence-corrected chi connectivity index (χ0v) is 10.3. The molecule has 1 aromatic rings. The molecule has 0 heterocycles. The summed E-state index contributed by atoms with van der Waals surface area (Å²) in [5.74, 6) is -0.0361. The van der Waals surface area contributed by atoms with E-state index in [0.717, 1.165) is 25.1 Å². The lowest BCUT2D eigenvalue weighted by atomic mass is 10.1. The van der Waals surface area contributed by atoms with Gasteiger partial charge in [-0.3, -0.25) is 4.79 Å². The third-order valence-electron chi connectivity index (χ3n) is 2.37. The summed E-state index contributed by atoms with van der Waals surface area (Å²) in [5.41, 5.74) is 1.59. The number of carbonyl (C=O) groups excluding carboxylic acids is 1. The number of hydrogen-bond acceptors (Lipinski definition) is 2. The van der Waals surface area contributed by atoms with Crippen LogP contribution in [0.2, 0.25) is 0 Å². The van der Waals surface area contributed by atoms with Gasteiger partial charge in [-0.05, 0) is 25.0 Å². The van der Waals surface area contributed by atoms with Gasteiger partial charge in [0.05, 0.1) is 5.56 Å². The molecule has 0 fully saturated rings. The van der Waals surface area contributed by atoms with Crippen LogP contribution in [-0.2, 0) is 0 Å². The Balaban J connectivity index is 2.67. The van der Waals surface area contributed by atoms with Crippen LogP contribution in [0.5, 0.6) is 0 Å². The maximum absolute atomic E-state index is 11.9. The van der Waals surface area contributed by atoms with Gasteiger partial charge >= 0.3 is 0 Å². The Kier molecular flexibility index (Phi) is 5.86. The summed E-state index contributed by atoms with van der Waals surface area (Å²) in [6, 6.07) is 7.57. The molecule has 17 heavy (non-hydrogen) atoms. The third-order valence-corrected chi connectivity index (χ3v) is 2.37. The van der Waals surface area contributed by atoms with Crippen LogP contribution in [0, 0.1) is 0 Å². The number of nitrogens with one attached hydrogen (secondary N) is 2. The first-order chi connectivity index (χ1) is 8.29. The number of rotatable bonds is 7.